The van der Waals surface area contributed by atoms with Crippen LogP contribution in [-0.4, -0.2) is 11.9 Å². The van der Waals surface area contributed by atoms with E-state index in [1.54, 1.807) is 0 Å². The molecule has 0 unspecified atom stereocenters. The molecule has 0 atom stereocenters. The van der Waals surface area contributed by atoms with Crippen molar-refractivity contribution >= 4 is 17.3 Å². The first-order valence-electron chi connectivity index (χ1n) is 6.19. The first kappa shape index (κ1) is 12.0. The Hall–Kier alpha value is -1.51. The smallest absolute Gasteiger partial charge is 0.221 e. The summed E-state index contributed by atoms with van der Waals surface area (Å²) in [6, 6.07) is 6.70. The van der Waals surface area contributed by atoms with Crippen LogP contribution in [0, 0.1) is 12.8 Å². The van der Waals surface area contributed by atoms with E-state index in [-0.39, 0.29) is 5.91 Å². The number of hydrogen-bond acceptors (Lipinski definition) is 2. The lowest BCUT2D eigenvalue weighted by Crippen LogP contribution is -2.33. The average molecular weight is 232 g/mol. The van der Waals surface area contributed by atoms with Gasteiger partial charge in [-0.05, 0) is 49.4 Å². The molecule has 0 heterocycles. The summed E-state index contributed by atoms with van der Waals surface area (Å²) in [7, 11) is 0. The molecule has 17 heavy (non-hydrogen) atoms. The van der Waals surface area contributed by atoms with Crippen LogP contribution in [0.3, 0.4) is 0 Å². The Balaban J connectivity index is 2.00. The maximum absolute atomic E-state index is 11.0. The zero-order valence-corrected chi connectivity index (χ0v) is 10.7. The van der Waals surface area contributed by atoms with Crippen molar-refractivity contribution in [1.29, 1.82) is 0 Å². The topological polar surface area (TPSA) is 41.1 Å². The molecule has 0 radical (unpaired) electrons. The Labute approximate surface area is 103 Å². The van der Waals surface area contributed by atoms with Crippen molar-refractivity contribution in [3.05, 3.63) is 23.8 Å². The predicted molar refractivity (Wildman–Crippen MR) is 71.3 cm³/mol. The Kier molecular flexibility index (Phi) is 3.36. The van der Waals surface area contributed by atoms with E-state index in [1.807, 2.05) is 19.1 Å². The zero-order valence-electron chi connectivity index (χ0n) is 10.7. The molecule has 0 bridgehead atoms. The SMILES string of the molecule is CC(=O)Nc1ccc(NC2CC(C)C2)cc1C. The largest absolute Gasteiger partial charge is 0.382 e. The second kappa shape index (κ2) is 4.78. The molecule has 1 amide bonds. The van der Waals surface area contributed by atoms with Gasteiger partial charge in [-0.1, -0.05) is 6.92 Å². The molecule has 1 aromatic carbocycles. The summed E-state index contributed by atoms with van der Waals surface area (Å²) in [6.45, 7) is 5.82. The number of anilines is 2. The first-order valence-corrected chi connectivity index (χ1v) is 6.19. The summed E-state index contributed by atoms with van der Waals surface area (Å²) in [4.78, 5) is 11.0. The lowest BCUT2D eigenvalue weighted by Gasteiger charge is -2.34. The molecule has 2 rings (SSSR count). The Bertz CT molecular complexity index is 422. The van der Waals surface area contributed by atoms with Gasteiger partial charge in [-0.15, -0.1) is 0 Å². The number of aryl methyl sites for hydroxylation is 1. The van der Waals surface area contributed by atoms with Crippen LogP contribution in [-0.2, 0) is 4.79 Å². The third kappa shape index (κ3) is 2.99. The van der Waals surface area contributed by atoms with Crippen molar-refractivity contribution in [2.75, 3.05) is 10.6 Å². The van der Waals surface area contributed by atoms with Gasteiger partial charge in [-0.25, -0.2) is 0 Å². The number of amides is 1. The second-order valence-electron chi connectivity index (χ2n) is 5.13. The third-order valence-electron chi connectivity index (χ3n) is 3.28. The highest BCUT2D eigenvalue weighted by molar-refractivity contribution is 5.89. The fourth-order valence-corrected chi connectivity index (χ4v) is 2.34. The van der Waals surface area contributed by atoms with E-state index < -0.39 is 0 Å². The van der Waals surface area contributed by atoms with E-state index in [0.717, 1.165) is 22.9 Å². The molecule has 0 saturated heterocycles. The summed E-state index contributed by atoms with van der Waals surface area (Å²) < 4.78 is 0. The van der Waals surface area contributed by atoms with Gasteiger partial charge in [0.05, 0.1) is 0 Å². The highest BCUT2D eigenvalue weighted by Crippen LogP contribution is 2.30. The van der Waals surface area contributed by atoms with E-state index in [2.05, 4.69) is 23.6 Å². The van der Waals surface area contributed by atoms with Gasteiger partial charge in [0.2, 0.25) is 5.91 Å². The molecule has 92 valence electrons. The van der Waals surface area contributed by atoms with Gasteiger partial charge >= 0.3 is 0 Å². The lowest BCUT2D eigenvalue weighted by atomic mass is 9.82. The van der Waals surface area contributed by atoms with E-state index in [9.17, 15) is 4.79 Å². The van der Waals surface area contributed by atoms with E-state index in [0.29, 0.717) is 6.04 Å². The van der Waals surface area contributed by atoms with Crippen LogP contribution in [0.5, 0.6) is 0 Å². The standard InChI is InChI=1S/C14H20N2O/c1-9-6-13(7-9)16-12-4-5-14(10(2)8-12)15-11(3)17/h4-5,8-9,13,16H,6-7H2,1-3H3,(H,15,17). The third-order valence-corrected chi connectivity index (χ3v) is 3.28. The van der Waals surface area contributed by atoms with E-state index >= 15 is 0 Å². The van der Waals surface area contributed by atoms with Gasteiger partial charge in [0, 0.05) is 24.3 Å². The number of rotatable bonds is 3. The molecular weight excluding hydrogens is 212 g/mol. The summed E-state index contributed by atoms with van der Waals surface area (Å²) in [5.41, 5.74) is 3.14. The maximum atomic E-state index is 11.0. The van der Waals surface area contributed by atoms with Crippen LogP contribution in [0.4, 0.5) is 11.4 Å². The molecule has 0 aromatic heterocycles. The predicted octanol–water partition coefficient (Wildman–Crippen LogP) is 3.16. The van der Waals surface area contributed by atoms with Gasteiger partial charge in [0.25, 0.3) is 0 Å². The molecule has 1 fully saturated rings. The number of carbonyl (C=O) groups is 1. The molecule has 3 heteroatoms. The van der Waals surface area contributed by atoms with Crippen LogP contribution in [0.25, 0.3) is 0 Å². The highest BCUT2D eigenvalue weighted by atomic mass is 16.1. The average Bonchev–Trinajstić information content (AvgIpc) is 2.19. The molecular formula is C14H20N2O. The fourth-order valence-electron chi connectivity index (χ4n) is 2.34. The summed E-state index contributed by atoms with van der Waals surface area (Å²) in [5.74, 6) is 0.828. The van der Waals surface area contributed by atoms with Crippen molar-refractivity contribution in [1.82, 2.24) is 0 Å². The van der Waals surface area contributed by atoms with Gasteiger partial charge in [-0.2, -0.15) is 0 Å². The summed E-state index contributed by atoms with van der Waals surface area (Å²) >= 11 is 0. The van der Waals surface area contributed by atoms with Gasteiger partial charge in [-0.3, -0.25) is 4.79 Å². The van der Waals surface area contributed by atoms with Crippen LogP contribution in [0.1, 0.15) is 32.3 Å². The summed E-state index contributed by atoms with van der Waals surface area (Å²) in [6.07, 6.45) is 2.51. The molecule has 1 aromatic rings. The van der Waals surface area contributed by atoms with E-state index in [4.69, 9.17) is 0 Å². The Morgan fingerprint density at radius 2 is 2.06 bits per heavy atom. The molecule has 3 nitrogen and oxygen atoms in total. The number of hydrogen-bond donors (Lipinski definition) is 2. The van der Waals surface area contributed by atoms with Crippen molar-refractivity contribution in [3.63, 3.8) is 0 Å². The molecule has 0 aliphatic heterocycles. The highest BCUT2D eigenvalue weighted by Gasteiger charge is 2.24. The van der Waals surface area contributed by atoms with Gasteiger partial charge in [0.1, 0.15) is 0 Å². The minimum Gasteiger partial charge on any atom is -0.382 e. The van der Waals surface area contributed by atoms with Crippen LogP contribution < -0.4 is 10.6 Å². The normalized spacial score (nSPS) is 22.8. The molecule has 2 N–H and O–H groups in total. The minimum atomic E-state index is -0.0263. The van der Waals surface area contributed by atoms with Crippen molar-refractivity contribution in [2.45, 2.75) is 39.7 Å². The van der Waals surface area contributed by atoms with Crippen LogP contribution in [0.2, 0.25) is 0 Å². The number of benzene rings is 1. The quantitative estimate of drug-likeness (QED) is 0.840. The Morgan fingerprint density at radius 1 is 1.35 bits per heavy atom. The first-order chi connectivity index (χ1) is 8.04. The summed E-state index contributed by atoms with van der Waals surface area (Å²) in [5, 5.41) is 6.34. The molecule has 1 aliphatic carbocycles. The zero-order chi connectivity index (χ0) is 12.4. The van der Waals surface area contributed by atoms with Crippen molar-refractivity contribution in [3.8, 4) is 0 Å². The van der Waals surface area contributed by atoms with Crippen LogP contribution >= 0.6 is 0 Å². The molecule has 0 spiro atoms. The monoisotopic (exact) mass is 232 g/mol. The maximum Gasteiger partial charge on any atom is 0.221 e. The van der Waals surface area contributed by atoms with Crippen molar-refractivity contribution in [2.24, 2.45) is 5.92 Å². The molecule has 1 aliphatic rings. The van der Waals surface area contributed by atoms with Gasteiger partial charge < -0.3 is 10.6 Å². The Morgan fingerprint density at radius 3 is 2.59 bits per heavy atom. The fraction of sp³-hybridized carbons (Fsp3) is 0.500. The molecule has 1 saturated carbocycles. The van der Waals surface area contributed by atoms with Crippen LogP contribution in [0.15, 0.2) is 18.2 Å². The minimum absolute atomic E-state index is 0.0263. The van der Waals surface area contributed by atoms with Crippen molar-refractivity contribution < 1.29 is 4.79 Å². The second-order valence-corrected chi connectivity index (χ2v) is 5.13. The lowest BCUT2D eigenvalue weighted by molar-refractivity contribution is -0.114. The number of nitrogens with one attached hydrogen (secondary N) is 2. The van der Waals surface area contributed by atoms with E-state index in [1.165, 1.54) is 19.8 Å². The number of carbonyl (C=O) groups excluding carboxylic acids is 1. The van der Waals surface area contributed by atoms with Gasteiger partial charge in [0.15, 0.2) is 0 Å².